The molecule has 2 aromatic carbocycles. The zero-order chi connectivity index (χ0) is 19.0. The first kappa shape index (κ1) is 17.7. The third-order valence-electron chi connectivity index (χ3n) is 5.44. The second kappa shape index (κ2) is 7.14. The van der Waals surface area contributed by atoms with Crippen LogP contribution in [0.1, 0.15) is 25.3 Å². The van der Waals surface area contributed by atoms with Crippen LogP contribution in [-0.2, 0) is 9.53 Å². The lowest BCUT2D eigenvalue weighted by molar-refractivity contribution is -0.146. The molecule has 1 fully saturated rings. The van der Waals surface area contributed by atoms with Crippen molar-refractivity contribution in [2.75, 3.05) is 43.2 Å². The molecule has 4 rings (SSSR count). The first-order valence-corrected chi connectivity index (χ1v) is 9.54. The van der Waals surface area contributed by atoms with Crippen LogP contribution < -0.4 is 14.5 Å². The van der Waals surface area contributed by atoms with Gasteiger partial charge in [0.05, 0.1) is 25.3 Å². The first-order valence-electron chi connectivity index (χ1n) is 9.54. The standard InChI is InChI=1S/C22H26N2O3/c1-15(2)16-7-8-20-21(11-16)27-10-9-24(20)19-6-4-5-18(12-19)23-13-17(14-23)22(25)26-3/h4-8,11-12,15,17H,9-10,13-14H2,1-3H3. The van der Waals surface area contributed by atoms with Gasteiger partial charge in [0, 0.05) is 24.5 Å². The average Bonchev–Trinajstić information content (AvgIpc) is 2.66. The highest BCUT2D eigenvalue weighted by molar-refractivity contribution is 5.78. The number of nitrogens with zero attached hydrogens (tertiary/aromatic N) is 2. The minimum Gasteiger partial charge on any atom is -0.490 e. The monoisotopic (exact) mass is 366 g/mol. The van der Waals surface area contributed by atoms with Gasteiger partial charge < -0.3 is 19.3 Å². The Morgan fingerprint density at radius 1 is 1.15 bits per heavy atom. The number of hydrogen-bond acceptors (Lipinski definition) is 5. The van der Waals surface area contributed by atoms with Crippen molar-refractivity contribution in [2.45, 2.75) is 19.8 Å². The molecule has 2 aromatic rings. The summed E-state index contributed by atoms with van der Waals surface area (Å²) in [6.07, 6.45) is 0. The van der Waals surface area contributed by atoms with Gasteiger partial charge in [-0.3, -0.25) is 4.79 Å². The molecule has 0 saturated carbocycles. The topological polar surface area (TPSA) is 42.0 Å². The predicted molar refractivity (Wildman–Crippen MR) is 107 cm³/mol. The van der Waals surface area contributed by atoms with Gasteiger partial charge in [-0.15, -0.1) is 0 Å². The fourth-order valence-electron chi connectivity index (χ4n) is 3.73. The zero-order valence-electron chi connectivity index (χ0n) is 16.1. The van der Waals surface area contributed by atoms with Crippen LogP contribution in [0.5, 0.6) is 5.75 Å². The van der Waals surface area contributed by atoms with E-state index in [9.17, 15) is 4.79 Å². The largest absolute Gasteiger partial charge is 0.490 e. The Morgan fingerprint density at radius 2 is 1.93 bits per heavy atom. The molecule has 2 aliphatic heterocycles. The number of benzene rings is 2. The maximum Gasteiger partial charge on any atom is 0.312 e. The van der Waals surface area contributed by atoms with E-state index < -0.39 is 0 Å². The zero-order valence-corrected chi connectivity index (χ0v) is 16.1. The fourth-order valence-corrected chi connectivity index (χ4v) is 3.73. The Morgan fingerprint density at radius 3 is 2.67 bits per heavy atom. The van der Waals surface area contributed by atoms with E-state index in [-0.39, 0.29) is 11.9 Å². The van der Waals surface area contributed by atoms with Crippen LogP contribution in [-0.4, -0.2) is 39.3 Å². The van der Waals surface area contributed by atoms with Crippen LogP contribution in [0.25, 0.3) is 0 Å². The molecule has 0 bridgehead atoms. The number of carbonyl (C=O) groups excluding carboxylic acids is 1. The molecule has 0 aromatic heterocycles. The van der Waals surface area contributed by atoms with Crippen molar-refractivity contribution in [3.05, 3.63) is 48.0 Å². The van der Waals surface area contributed by atoms with E-state index in [2.05, 4.69) is 66.1 Å². The summed E-state index contributed by atoms with van der Waals surface area (Å²) < 4.78 is 10.8. The highest BCUT2D eigenvalue weighted by Gasteiger charge is 2.33. The summed E-state index contributed by atoms with van der Waals surface area (Å²) in [5, 5.41) is 0. The molecule has 0 amide bonds. The quantitative estimate of drug-likeness (QED) is 0.767. The fraction of sp³-hybridized carbons (Fsp3) is 0.409. The molecule has 5 heteroatoms. The maximum absolute atomic E-state index is 11.6. The molecule has 0 N–H and O–H groups in total. The lowest BCUT2D eigenvalue weighted by Crippen LogP contribution is -2.50. The van der Waals surface area contributed by atoms with E-state index in [1.807, 2.05) is 0 Å². The van der Waals surface area contributed by atoms with E-state index in [1.54, 1.807) is 0 Å². The van der Waals surface area contributed by atoms with Gasteiger partial charge in [-0.25, -0.2) is 0 Å². The SMILES string of the molecule is COC(=O)C1CN(c2cccc(N3CCOc4cc(C(C)C)ccc43)c2)C1. The molecular formula is C22H26N2O3. The summed E-state index contributed by atoms with van der Waals surface area (Å²) in [5.41, 5.74) is 4.69. The third kappa shape index (κ3) is 3.34. The molecule has 0 unspecified atom stereocenters. The summed E-state index contributed by atoms with van der Waals surface area (Å²) in [4.78, 5) is 16.2. The van der Waals surface area contributed by atoms with Gasteiger partial charge >= 0.3 is 5.97 Å². The van der Waals surface area contributed by atoms with Crippen LogP contribution in [0, 0.1) is 5.92 Å². The highest BCUT2D eigenvalue weighted by atomic mass is 16.5. The van der Waals surface area contributed by atoms with Crippen LogP contribution in [0.4, 0.5) is 17.1 Å². The average molecular weight is 366 g/mol. The summed E-state index contributed by atoms with van der Waals surface area (Å²) >= 11 is 0. The molecule has 0 atom stereocenters. The minimum absolute atomic E-state index is 0.0165. The molecule has 5 nitrogen and oxygen atoms in total. The molecule has 0 aliphatic carbocycles. The van der Waals surface area contributed by atoms with Gasteiger partial charge in [0.1, 0.15) is 12.4 Å². The Hall–Kier alpha value is -2.69. The lowest BCUT2D eigenvalue weighted by atomic mass is 9.99. The first-order chi connectivity index (χ1) is 13.1. The van der Waals surface area contributed by atoms with Gasteiger partial charge in [-0.05, 0) is 41.8 Å². The highest BCUT2D eigenvalue weighted by Crippen LogP contribution is 2.39. The van der Waals surface area contributed by atoms with Crippen LogP contribution in [0.3, 0.4) is 0 Å². The predicted octanol–water partition coefficient (Wildman–Crippen LogP) is 3.95. The van der Waals surface area contributed by atoms with Gasteiger partial charge in [-0.2, -0.15) is 0 Å². The van der Waals surface area contributed by atoms with Crippen molar-refractivity contribution in [2.24, 2.45) is 5.92 Å². The lowest BCUT2D eigenvalue weighted by Gasteiger charge is -2.40. The number of ether oxygens (including phenoxy) is 2. The Labute approximate surface area is 160 Å². The van der Waals surface area contributed by atoms with E-state index in [0.717, 1.165) is 29.4 Å². The maximum atomic E-state index is 11.6. The molecule has 2 heterocycles. The number of fused-ring (bicyclic) bond motifs is 1. The van der Waals surface area contributed by atoms with E-state index in [0.29, 0.717) is 25.6 Å². The number of hydrogen-bond donors (Lipinski definition) is 0. The summed E-state index contributed by atoms with van der Waals surface area (Å²) in [7, 11) is 1.45. The van der Waals surface area contributed by atoms with E-state index in [1.165, 1.54) is 12.7 Å². The summed E-state index contributed by atoms with van der Waals surface area (Å²) in [6.45, 7) is 7.32. The Balaban J connectivity index is 1.56. The second-order valence-electron chi connectivity index (χ2n) is 7.53. The molecule has 27 heavy (non-hydrogen) atoms. The summed E-state index contributed by atoms with van der Waals surface area (Å²) in [5.74, 6) is 1.29. The molecule has 0 radical (unpaired) electrons. The summed E-state index contributed by atoms with van der Waals surface area (Å²) in [6, 6.07) is 15.0. The smallest absolute Gasteiger partial charge is 0.312 e. The van der Waals surface area contributed by atoms with Gasteiger partial charge in [-0.1, -0.05) is 26.0 Å². The normalized spacial score (nSPS) is 16.6. The number of rotatable bonds is 4. The number of anilines is 3. The van der Waals surface area contributed by atoms with Crippen LogP contribution in [0.15, 0.2) is 42.5 Å². The van der Waals surface area contributed by atoms with Crippen molar-refractivity contribution in [3.63, 3.8) is 0 Å². The third-order valence-corrected chi connectivity index (χ3v) is 5.44. The number of esters is 1. The van der Waals surface area contributed by atoms with E-state index in [4.69, 9.17) is 9.47 Å². The van der Waals surface area contributed by atoms with Crippen molar-refractivity contribution < 1.29 is 14.3 Å². The Kier molecular flexibility index (Phi) is 4.68. The minimum atomic E-state index is -0.120. The molecule has 1 saturated heterocycles. The number of methoxy groups -OCH3 is 1. The Bertz CT molecular complexity index is 843. The van der Waals surface area contributed by atoms with Gasteiger partial charge in [0.15, 0.2) is 0 Å². The van der Waals surface area contributed by atoms with Gasteiger partial charge in [0.25, 0.3) is 0 Å². The van der Waals surface area contributed by atoms with Crippen molar-refractivity contribution in [1.29, 1.82) is 0 Å². The molecular weight excluding hydrogens is 340 g/mol. The molecule has 142 valence electrons. The molecule has 0 spiro atoms. The van der Waals surface area contributed by atoms with Gasteiger partial charge in [0.2, 0.25) is 0 Å². The van der Waals surface area contributed by atoms with Crippen molar-refractivity contribution in [3.8, 4) is 5.75 Å². The van der Waals surface area contributed by atoms with E-state index >= 15 is 0 Å². The van der Waals surface area contributed by atoms with Crippen molar-refractivity contribution >= 4 is 23.0 Å². The molecule has 2 aliphatic rings. The van der Waals surface area contributed by atoms with Crippen LogP contribution >= 0.6 is 0 Å². The number of carbonyl (C=O) groups is 1. The van der Waals surface area contributed by atoms with Crippen LogP contribution in [0.2, 0.25) is 0 Å². The van der Waals surface area contributed by atoms with Crippen molar-refractivity contribution in [1.82, 2.24) is 0 Å². The second-order valence-corrected chi connectivity index (χ2v) is 7.53.